The maximum atomic E-state index is 7.13. The van der Waals surface area contributed by atoms with Crippen molar-refractivity contribution in [3.8, 4) is 11.8 Å². The fourth-order valence-corrected chi connectivity index (χ4v) is 2.19. The van der Waals surface area contributed by atoms with Crippen LogP contribution in [0.2, 0.25) is 0 Å². The van der Waals surface area contributed by atoms with Gasteiger partial charge in [0.25, 0.3) is 0 Å². The van der Waals surface area contributed by atoms with Crippen LogP contribution in [-0.4, -0.2) is 33.5 Å². The van der Waals surface area contributed by atoms with Crippen molar-refractivity contribution in [3.63, 3.8) is 0 Å². The Morgan fingerprint density at radius 2 is 1.07 bits per heavy atom. The van der Waals surface area contributed by atoms with Crippen molar-refractivity contribution in [1.82, 2.24) is 9.97 Å². The van der Waals surface area contributed by atoms with Gasteiger partial charge < -0.3 is 20.3 Å². The summed E-state index contributed by atoms with van der Waals surface area (Å²) in [6, 6.07) is 11.8. The van der Waals surface area contributed by atoms with Crippen LogP contribution in [0.1, 0.15) is 13.8 Å². The Labute approximate surface area is 178 Å². The van der Waals surface area contributed by atoms with Gasteiger partial charge in [-0.05, 0) is 26.0 Å². The van der Waals surface area contributed by atoms with Gasteiger partial charge >= 0.3 is 16.8 Å². The van der Waals surface area contributed by atoms with E-state index < -0.39 is 0 Å². The summed E-state index contributed by atoms with van der Waals surface area (Å²) in [5, 5.41) is 19.0. The summed E-state index contributed by atoms with van der Waals surface area (Å²) >= 11 is 7.40. The maximum Gasteiger partial charge on any atom is 2.00 e. The van der Waals surface area contributed by atoms with Gasteiger partial charge in [0, 0.05) is 22.9 Å². The molecule has 0 saturated carbocycles. The molecule has 1 aromatic carbocycles. The fraction of sp³-hybridized carbons (Fsp3) is 0.222. The fourth-order valence-electron chi connectivity index (χ4n) is 2.19. The van der Waals surface area contributed by atoms with Gasteiger partial charge in [-0.1, -0.05) is 36.6 Å². The zero-order chi connectivity index (χ0) is 19.4. The van der Waals surface area contributed by atoms with Crippen molar-refractivity contribution in [2.45, 2.75) is 13.8 Å². The van der Waals surface area contributed by atoms with Crippen LogP contribution in [0, 0.1) is 0 Å². The van der Waals surface area contributed by atoms with Gasteiger partial charge in [-0.25, -0.2) is 9.97 Å². The Morgan fingerprint density at radius 1 is 0.778 bits per heavy atom. The molecule has 6 nitrogen and oxygen atoms in total. The SMILES string of the molecule is CCOc1ccc2ccc3ccc(OCC)nc3c2n1.[Co+2].[N-]=C=S.[N-]=C=S. The first-order valence-corrected chi connectivity index (χ1v) is 8.45. The first-order chi connectivity index (χ1) is 12.6. The Bertz CT molecular complexity index is 864. The average molecular weight is 443 g/mol. The van der Waals surface area contributed by atoms with Crippen molar-refractivity contribution >= 4 is 56.6 Å². The molecule has 0 aliphatic heterocycles. The third-order valence-corrected chi connectivity index (χ3v) is 3.05. The van der Waals surface area contributed by atoms with E-state index in [2.05, 4.69) is 34.4 Å². The van der Waals surface area contributed by atoms with Crippen LogP contribution < -0.4 is 9.47 Å². The molecular formula is C18H16CoN4O2S2. The van der Waals surface area contributed by atoms with Gasteiger partial charge in [-0.15, -0.1) is 0 Å². The largest absolute Gasteiger partial charge is 2.00 e. The molecule has 0 atom stereocenters. The van der Waals surface area contributed by atoms with E-state index in [1.54, 1.807) is 0 Å². The van der Waals surface area contributed by atoms with Gasteiger partial charge in [0.05, 0.1) is 13.2 Å². The van der Waals surface area contributed by atoms with Crippen LogP contribution in [0.25, 0.3) is 32.6 Å². The van der Waals surface area contributed by atoms with E-state index in [0.29, 0.717) is 25.0 Å². The van der Waals surface area contributed by atoms with E-state index in [1.807, 2.05) is 50.2 Å². The van der Waals surface area contributed by atoms with E-state index in [1.165, 1.54) is 10.3 Å². The van der Waals surface area contributed by atoms with Crippen LogP contribution >= 0.6 is 24.4 Å². The predicted octanol–water partition coefficient (Wildman–Crippen LogP) is 4.90. The number of isothiocyanates is 2. The number of benzene rings is 1. The smallest absolute Gasteiger partial charge is 0.753 e. The second kappa shape index (κ2) is 13.9. The van der Waals surface area contributed by atoms with Gasteiger partial charge in [-0.2, -0.15) is 10.3 Å². The van der Waals surface area contributed by atoms with E-state index in [-0.39, 0.29) is 16.8 Å². The molecule has 0 unspecified atom stereocenters. The number of pyridine rings is 2. The van der Waals surface area contributed by atoms with Crippen LogP contribution in [0.4, 0.5) is 0 Å². The molecule has 141 valence electrons. The minimum absolute atomic E-state index is 0. The number of fused-ring (bicyclic) bond motifs is 3. The third-order valence-electron chi connectivity index (χ3n) is 3.05. The number of thiocarbonyl (C=S) groups is 2. The molecule has 2 aromatic heterocycles. The Morgan fingerprint density at radius 3 is 1.37 bits per heavy atom. The van der Waals surface area contributed by atoms with E-state index >= 15 is 0 Å². The number of rotatable bonds is 4. The molecule has 2 heterocycles. The number of aromatic nitrogens is 2. The molecule has 0 saturated heterocycles. The first kappa shape index (κ1) is 24.7. The van der Waals surface area contributed by atoms with Crippen LogP contribution in [-0.2, 0) is 16.8 Å². The minimum Gasteiger partial charge on any atom is -0.753 e. The van der Waals surface area contributed by atoms with Gasteiger partial charge in [0.1, 0.15) is 11.0 Å². The predicted molar refractivity (Wildman–Crippen MR) is 111 cm³/mol. The molecule has 0 amide bonds. The van der Waals surface area contributed by atoms with Crippen molar-refractivity contribution in [2.24, 2.45) is 0 Å². The molecule has 0 aliphatic rings. The standard InChI is InChI=1S/C16H16N2O2.2CNS.Co/c1-3-19-13-9-7-11-5-6-12-8-10-14(20-4-2)18-16(12)15(11)17-13;2*2-1-3;/h5-10H,3-4H2,1-2H3;;;/q;2*-1;+2. The topological polar surface area (TPSA) is 88.8 Å². The zero-order valence-electron chi connectivity index (χ0n) is 14.6. The summed E-state index contributed by atoms with van der Waals surface area (Å²) in [4.78, 5) is 9.11. The van der Waals surface area contributed by atoms with Crippen LogP contribution in [0.15, 0.2) is 36.4 Å². The summed E-state index contributed by atoms with van der Waals surface area (Å²) in [7, 11) is 0. The second-order valence-corrected chi connectivity index (χ2v) is 4.92. The van der Waals surface area contributed by atoms with E-state index in [0.717, 1.165) is 21.8 Å². The monoisotopic (exact) mass is 443 g/mol. The number of ether oxygens (including phenoxy) is 2. The normalized spacial score (nSPS) is 8.67. The zero-order valence-corrected chi connectivity index (χ0v) is 17.3. The molecule has 0 bridgehead atoms. The van der Waals surface area contributed by atoms with Crippen molar-refractivity contribution < 1.29 is 26.3 Å². The van der Waals surface area contributed by atoms with Gasteiger partial charge in [0.2, 0.25) is 11.8 Å². The molecule has 0 spiro atoms. The molecule has 3 aromatic rings. The summed E-state index contributed by atoms with van der Waals surface area (Å²) < 4.78 is 10.9. The number of nitrogens with zero attached hydrogens (tertiary/aromatic N) is 4. The van der Waals surface area contributed by atoms with E-state index in [9.17, 15) is 0 Å². The molecule has 0 aliphatic carbocycles. The van der Waals surface area contributed by atoms with Gasteiger partial charge in [-0.3, -0.25) is 0 Å². The molecule has 0 N–H and O–H groups in total. The molecule has 27 heavy (non-hydrogen) atoms. The molecule has 9 heteroatoms. The number of hydrogen-bond donors (Lipinski definition) is 0. The van der Waals surface area contributed by atoms with Crippen molar-refractivity contribution in [1.29, 1.82) is 0 Å². The van der Waals surface area contributed by atoms with Crippen molar-refractivity contribution in [2.75, 3.05) is 13.2 Å². The van der Waals surface area contributed by atoms with E-state index in [4.69, 9.17) is 20.3 Å². The Balaban J connectivity index is 0.000000860. The summed E-state index contributed by atoms with van der Waals surface area (Å²) in [5.41, 5.74) is 1.69. The molecule has 3 rings (SSSR count). The van der Waals surface area contributed by atoms with Gasteiger partial charge in [0.15, 0.2) is 0 Å². The summed E-state index contributed by atoms with van der Waals surface area (Å²) in [5.74, 6) is 1.24. The first-order valence-electron chi connectivity index (χ1n) is 7.63. The van der Waals surface area contributed by atoms with Crippen LogP contribution in [0.5, 0.6) is 11.8 Å². The molecule has 0 fully saturated rings. The summed E-state index contributed by atoms with van der Waals surface area (Å²) in [6.07, 6.45) is 0. The Hall–Kier alpha value is -2.25. The number of hydrogen-bond acceptors (Lipinski definition) is 6. The average Bonchev–Trinajstić information content (AvgIpc) is 2.63. The quantitative estimate of drug-likeness (QED) is 0.324. The second-order valence-electron chi connectivity index (χ2n) is 4.56. The third kappa shape index (κ3) is 7.48. The van der Waals surface area contributed by atoms with Crippen molar-refractivity contribution in [3.05, 3.63) is 47.2 Å². The maximum absolute atomic E-state index is 7.13. The summed E-state index contributed by atoms with van der Waals surface area (Å²) in [6.45, 7) is 5.09. The molecular weight excluding hydrogens is 427 g/mol. The Kier molecular flexibility index (Phi) is 12.7. The molecule has 1 radical (unpaired) electrons. The minimum atomic E-state index is 0. The van der Waals surface area contributed by atoms with Crippen LogP contribution in [0.3, 0.4) is 0 Å².